The Morgan fingerprint density at radius 3 is 2.33 bits per heavy atom. The second kappa shape index (κ2) is 10.9. The van der Waals surface area contributed by atoms with Crippen LogP contribution < -0.4 is 4.74 Å². The number of carbonyl (C=O) groups is 1. The van der Waals surface area contributed by atoms with Crippen molar-refractivity contribution < 1.29 is 30.0 Å². The third-order valence-corrected chi connectivity index (χ3v) is 12.8. The minimum absolute atomic E-state index is 0. The number of ketones is 1. The fourth-order valence-corrected chi connectivity index (χ4v) is 10.7. The van der Waals surface area contributed by atoms with Crippen LogP contribution in [0.3, 0.4) is 0 Å². The second-order valence-electron chi connectivity index (χ2n) is 14.5. The molecule has 2 aromatic rings. The number of aliphatic hydroxyl groups excluding tert-OH is 3. The Morgan fingerprint density at radius 2 is 1.58 bits per heavy atom. The number of Topliss-reactive ketones (excluding diaryl/α,β-unsaturated/α-hetero) is 1. The zero-order valence-electron chi connectivity index (χ0n) is 25.7. The van der Waals surface area contributed by atoms with Crippen molar-refractivity contribution in [3.05, 3.63) is 69.8 Å². The molecule has 4 N–H and O–H groups in total. The predicted molar refractivity (Wildman–Crippen MR) is 171 cm³/mol. The van der Waals surface area contributed by atoms with Gasteiger partial charge in [0.15, 0.2) is 0 Å². The van der Waals surface area contributed by atoms with Gasteiger partial charge in [0.05, 0.1) is 13.2 Å². The van der Waals surface area contributed by atoms with Crippen LogP contribution in [-0.2, 0) is 41.7 Å². The van der Waals surface area contributed by atoms with Gasteiger partial charge in [0.1, 0.15) is 29.5 Å². The summed E-state index contributed by atoms with van der Waals surface area (Å²) >= 11 is 0. The average Bonchev–Trinajstić information content (AvgIpc) is 3.38. The van der Waals surface area contributed by atoms with E-state index >= 15 is 0 Å². The standard InChI is InChI=1S/C18H21NO3.C18H23NO3.CH4/c1-19-7-6-18-12-4-5-14(21)17(18)22-16-11(9-20)3-2-10(15(16)18)8-13(12)19;1-19-7-6-18-9-13(21)4-5-14(18)15(19)8-11-2-3-12(10-20)17(22)16(11)18;/h2-5,12-14,17,20-21H,6-9H2,1H3;2-3,14-15,20,22H,4-10H2,1H3;1H4/t12-,13+,14-,17-,18-;14-,15+,18-;/m00./s1. The number of carbonyl (C=O) groups excluding carboxylic acids is 1. The van der Waals surface area contributed by atoms with Gasteiger partial charge in [-0.2, -0.15) is 0 Å². The summed E-state index contributed by atoms with van der Waals surface area (Å²) in [5.41, 5.74) is 5.87. The summed E-state index contributed by atoms with van der Waals surface area (Å²) in [6.07, 6.45) is 9.39. The highest BCUT2D eigenvalue weighted by Gasteiger charge is 2.64. The van der Waals surface area contributed by atoms with Crippen molar-refractivity contribution in [2.45, 2.75) is 101 Å². The van der Waals surface area contributed by atoms with Gasteiger partial charge in [-0.3, -0.25) is 4.79 Å². The fraction of sp³-hybridized carbons (Fsp3) is 0.595. The van der Waals surface area contributed by atoms with Crippen LogP contribution in [0.1, 0.15) is 72.9 Å². The fourth-order valence-electron chi connectivity index (χ4n) is 10.7. The van der Waals surface area contributed by atoms with E-state index in [-0.39, 0.29) is 43.3 Å². The minimum atomic E-state index is -0.565. The number of ether oxygens (including phenoxy) is 1. The molecule has 3 aliphatic heterocycles. The molecule has 8 heteroatoms. The van der Waals surface area contributed by atoms with Gasteiger partial charge in [0, 0.05) is 63.9 Å². The van der Waals surface area contributed by atoms with Crippen LogP contribution in [0.5, 0.6) is 11.5 Å². The lowest BCUT2D eigenvalue weighted by molar-refractivity contribution is -0.126. The minimum Gasteiger partial charge on any atom is -0.507 e. The van der Waals surface area contributed by atoms with Crippen LogP contribution in [-0.4, -0.2) is 87.5 Å². The van der Waals surface area contributed by atoms with Crippen molar-refractivity contribution >= 4 is 5.78 Å². The summed E-state index contributed by atoms with van der Waals surface area (Å²) in [6, 6.07) is 8.95. The first kappa shape index (κ1) is 30.9. The molecular weight excluding hydrogens is 568 g/mol. The van der Waals surface area contributed by atoms with Crippen molar-refractivity contribution in [2.24, 2.45) is 11.8 Å². The van der Waals surface area contributed by atoms with Crippen LogP contribution in [0.15, 0.2) is 36.4 Å². The molecule has 1 spiro atoms. The van der Waals surface area contributed by atoms with E-state index in [4.69, 9.17) is 4.74 Å². The molecule has 0 radical (unpaired) electrons. The van der Waals surface area contributed by atoms with E-state index < -0.39 is 6.10 Å². The smallest absolute Gasteiger partial charge is 0.138 e. The molecule has 2 saturated heterocycles. The lowest BCUT2D eigenvalue weighted by Crippen LogP contribution is -2.64. The van der Waals surface area contributed by atoms with E-state index in [1.807, 2.05) is 24.3 Å². The van der Waals surface area contributed by atoms with Crippen LogP contribution in [0, 0.1) is 11.8 Å². The monoisotopic (exact) mass is 616 g/mol. The maximum absolute atomic E-state index is 12.2. The zero-order chi connectivity index (χ0) is 30.5. The van der Waals surface area contributed by atoms with E-state index in [0.29, 0.717) is 48.1 Å². The third-order valence-electron chi connectivity index (χ3n) is 12.8. The van der Waals surface area contributed by atoms with Gasteiger partial charge >= 0.3 is 0 Å². The van der Waals surface area contributed by atoms with Crippen molar-refractivity contribution in [3.8, 4) is 11.5 Å². The average molecular weight is 617 g/mol. The molecular formula is C37H48N2O6. The Balaban J connectivity index is 0.000000141. The third kappa shape index (κ3) is 4.12. The van der Waals surface area contributed by atoms with Gasteiger partial charge in [-0.05, 0) is 76.3 Å². The zero-order valence-corrected chi connectivity index (χ0v) is 25.7. The molecule has 45 heavy (non-hydrogen) atoms. The molecule has 8 atom stereocenters. The number of piperidine rings is 2. The number of hydrogen-bond acceptors (Lipinski definition) is 8. The number of aliphatic hydroxyl groups is 3. The molecule has 0 amide bonds. The molecule has 4 aliphatic carbocycles. The molecule has 2 aromatic carbocycles. The van der Waals surface area contributed by atoms with Gasteiger partial charge in [-0.25, -0.2) is 0 Å². The number of rotatable bonds is 2. The molecule has 0 aromatic heterocycles. The van der Waals surface area contributed by atoms with Crippen LogP contribution in [0.25, 0.3) is 0 Å². The van der Waals surface area contributed by atoms with Crippen LogP contribution >= 0.6 is 0 Å². The lowest BCUT2D eigenvalue weighted by atomic mass is 9.52. The van der Waals surface area contributed by atoms with E-state index in [1.165, 1.54) is 11.1 Å². The number of benzene rings is 2. The number of nitrogens with zero attached hydrogens (tertiary/aromatic N) is 2. The lowest BCUT2D eigenvalue weighted by Gasteiger charge is -2.58. The van der Waals surface area contributed by atoms with Crippen molar-refractivity contribution in [1.29, 1.82) is 0 Å². The van der Waals surface area contributed by atoms with Gasteiger partial charge in [0.2, 0.25) is 0 Å². The Labute approximate surface area is 266 Å². The van der Waals surface area contributed by atoms with Crippen molar-refractivity contribution in [1.82, 2.24) is 9.80 Å². The molecule has 3 heterocycles. The second-order valence-corrected chi connectivity index (χ2v) is 14.5. The Hall–Kier alpha value is -2.75. The summed E-state index contributed by atoms with van der Waals surface area (Å²) in [5.74, 6) is 2.24. The molecule has 8 nitrogen and oxygen atoms in total. The first-order chi connectivity index (χ1) is 21.2. The predicted octanol–water partition coefficient (Wildman–Crippen LogP) is 3.37. The SMILES string of the molecule is C.CN1CC[C@]23CC(=O)CC[C@H]2[C@H]1Cc1ccc(CO)c(O)c13.CN1CC[C@]23c4c5ccc(CO)c4O[C@H]2[C@@H](O)C=C[C@H]3[C@H]1C5. The summed E-state index contributed by atoms with van der Waals surface area (Å²) in [6.45, 7) is 1.83. The maximum atomic E-state index is 12.2. The normalized spacial score (nSPS) is 36.9. The largest absolute Gasteiger partial charge is 0.507 e. The summed E-state index contributed by atoms with van der Waals surface area (Å²) < 4.78 is 6.27. The topological polar surface area (TPSA) is 114 Å². The summed E-state index contributed by atoms with van der Waals surface area (Å²) in [4.78, 5) is 17.1. The number of hydrogen-bond donors (Lipinski definition) is 4. The van der Waals surface area contributed by atoms with E-state index in [0.717, 1.165) is 67.6 Å². The quantitative estimate of drug-likeness (QED) is 0.380. The highest BCUT2D eigenvalue weighted by molar-refractivity contribution is 5.82. The number of fused-ring (bicyclic) bond motifs is 1. The number of aromatic hydroxyl groups is 1. The van der Waals surface area contributed by atoms with E-state index in [1.54, 1.807) is 0 Å². The van der Waals surface area contributed by atoms with Gasteiger partial charge in [-0.1, -0.05) is 43.8 Å². The number of likely N-dealkylation sites (N-methyl/N-ethyl adjacent to an activating group) is 2. The Kier molecular flexibility index (Phi) is 7.49. The van der Waals surface area contributed by atoms with Gasteiger partial charge < -0.3 is 35.0 Å². The van der Waals surface area contributed by atoms with E-state index in [2.05, 4.69) is 36.0 Å². The molecule has 1 saturated carbocycles. The first-order valence-corrected chi connectivity index (χ1v) is 16.4. The van der Waals surface area contributed by atoms with Crippen molar-refractivity contribution in [3.63, 3.8) is 0 Å². The Bertz CT molecular complexity index is 1550. The van der Waals surface area contributed by atoms with Crippen LogP contribution in [0.2, 0.25) is 0 Å². The maximum Gasteiger partial charge on any atom is 0.138 e. The summed E-state index contributed by atoms with van der Waals surface area (Å²) in [7, 11) is 4.38. The van der Waals surface area contributed by atoms with Gasteiger partial charge in [-0.15, -0.1) is 0 Å². The molecule has 0 unspecified atom stereocenters. The molecule has 242 valence electrons. The first-order valence-electron chi connectivity index (χ1n) is 16.4. The number of phenols is 1. The number of likely N-dealkylation sites (tertiary alicyclic amines) is 2. The summed E-state index contributed by atoms with van der Waals surface area (Å²) in [5, 5.41) is 40.5. The molecule has 3 fully saturated rings. The van der Waals surface area contributed by atoms with Crippen LogP contribution in [0.4, 0.5) is 0 Å². The molecule has 4 bridgehead atoms. The van der Waals surface area contributed by atoms with Gasteiger partial charge in [0.25, 0.3) is 0 Å². The van der Waals surface area contributed by atoms with E-state index in [9.17, 15) is 25.2 Å². The Morgan fingerprint density at radius 1 is 0.911 bits per heavy atom. The molecule has 9 rings (SSSR count). The highest BCUT2D eigenvalue weighted by Crippen LogP contribution is 2.61. The van der Waals surface area contributed by atoms with Crippen molar-refractivity contribution in [2.75, 3.05) is 27.2 Å². The molecule has 7 aliphatic rings. The highest BCUT2D eigenvalue weighted by atomic mass is 16.5.